The van der Waals surface area contributed by atoms with Gasteiger partial charge in [-0.25, -0.2) is 4.98 Å². The van der Waals surface area contributed by atoms with Crippen LogP contribution in [0.15, 0.2) is 24.4 Å². The molecule has 1 unspecified atom stereocenters. The van der Waals surface area contributed by atoms with Gasteiger partial charge in [-0.15, -0.1) is 0 Å². The van der Waals surface area contributed by atoms with E-state index < -0.39 is 0 Å². The lowest BCUT2D eigenvalue weighted by Crippen LogP contribution is -2.54. The Labute approximate surface area is 136 Å². The highest BCUT2D eigenvalue weighted by atomic mass is 15.3. The zero-order valence-electron chi connectivity index (χ0n) is 14.9. The Kier molecular flexibility index (Phi) is 6.21. The Hall–Kier alpha value is -1.13. The van der Waals surface area contributed by atoms with Gasteiger partial charge in [0.15, 0.2) is 0 Å². The minimum Gasteiger partial charge on any atom is -0.354 e. The zero-order valence-corrected chi connectivity index (χ0v) is 14.9. The first-order valence-electron chi connectivity index (χ1n) is 8.64. The van der Waals surface area contributed by atoms with Gasteiger partial charge in [0, 0.05) is 57.0 Å². The summed E-state index contributed by atoms with van der Waals surface area (Å²) < 4.78 is 0. The number of hydrogen-bond donors (Lipinski definition) is 0. The number of anilines is 1. The summed E-state index contributed by atoms with van der Waals surface area (Å²) in [7, 11) is 0. The second-order valence-corrected chi connectivity index (χ2v) is 6.94. The van der Waals surface area contributed by atoms with Crippen molar-refractivity contribution in [3.63, 3.8) is 0 Å². The van der Waals surface area contributed by atoms with Crippen LogP contribution in [-0.2, 0) is 0 Å². The molecular formula is C18H32N4. The Balaban J connectivity index is 1.85. The summed E-state index contributed by atoms with van der Waals surface area (Å²) in [5.41, 5.74) is 0. The van der Waals surface area contributed by atoms with Crippen molar-refractivity contribution in [3.05, 3.63) is 24.4 Å². The van der Waals surface area contributed by atoms with E-state index in [1.54, 1.807) is 0 Å². The van der Waals surface area contributed by atoms with E-state index in [0.29, 0.717) is 18.1 Å². The highest BCUT2D eigenvalue weighted by Gasteiger charge is 2.24. The Morgan fingerprint density at radius 2 is 1.64 bits per heavy atom. The molecule has 0 amide bonds. The van der Waals surface area contributed by atoms with Gasteiger partial charge in [-0.2, -0.15) is 0 Å². The van der Waals surface area contributed by atoms with E-state index in [1.807, 2.05) is 12.3 Å². The van der Waals surface area contributed by atoms with Crippen molar-refractivity contribution in [2.75, 3.05) is 37.6 Å². The van der Waals surface area contributed by atoms with Gasteiger partial charge < -0.3 is 4.90 Å². The van der Waals surface area contributed by atoms with Crippen molar-refractivity contribution in [3.8, 4) is 0 Å². The van der Waals surface area contributed by atoms with Crippen LogP contribution in [-0.4, -0.2) is 65.6 Å². The first-order valence-corrected chi connectivity index (χ1v) is 8.64. The fourth-order valence-electron chi connectivity index (χ4n) is 3.37. The normalized spacial score (nSPS) is 18.5. The highest BCUT2D eigenvalue weighted by Crippen LogP contribution is 2.15. The molecule has 22 heavy (non-hydrogen) atoms. The molecule has 0 bridgehead atoms. The average molecular weight is 304 g/mol. The zero-order chi connectivity index (χ0) is 16.1. The van der Waals surface area contributed by atoms with E-state index in [0.717, 1.165) is 38.5 Å². The lowest BCUT2D eigenvalue weighted by Gasteiger charge is -2.41. The average Bonchev–Trinajstić information content (AvgIpc) is 2.52. The molecule has 1 aliphatic rings. The Morgan fingerprint density at radius 1 is 1.00 bits per heavy atom. The summed E-state index contributed by atoms with van der Waals surface area (Å²) in [6.45, 7) is 17.1. The van der Waals surface area contributed by atoms with E-state index in [9.17, 15) is 0 Å². The predicted octanol–water partition coefficient (Wildman–Crippen LogP) is 2.71. The molecule has 2 rings (SSSR count). The number of hydrogen-bond acceptors (Lipinski definition) is 4. The largest absolute Gasteiger partial charge is 0.354 e. The van der Waals surface area contributed by atoms with Gasteiger partial charge in [0.05, 0.1) is 0 Å². The minimum atomic E-state index is 0.607. The summed E-state index contributed by atoms with van der Waals surface area (Å²) in [5.74, 6) is 1.11. The van der Waals surface area contributed by atoms with E-state index in [-0.39, 0.29) is 0 Å². The fraction of sp³-hybridized carbons (Fsp3) is 0.722. The first-order chi connectivity index (χ1) is 10.5. The van der Waals surface area contributed by atoms with Gasteiger partial charge in [-0.1, -0.05) is 6.07 Å². The van der Waals surface area contributed by atoms with Crippen molar-refractivity contribution >= 4 is 5.82 Å². The number of rotatable bonds is 6. The molecule has 0 saturated carbocycles. The molecule has 1 atom stereocenters. The van der Waals surface area contributed by atoms with Crippen molar-refractivity contribution in [1.29, 1.82) is 0 Å². The van der Waals surface area contributed by atoms with Crippen LogP contribution in [0, 0.1) is 0 Å². The van der Waals surface area contributed by atoms with E-state index >= 15 is 0 Å². The highest BCUT2D eigenvalue weighted by molar-refractivity contribution is 5.38. The van der Waals surface area contributed by atoms with E-state index in [2.05, 4.69) is 66.4 Å². The van der Waals surface area contributed by atoms with Crippen molar-refractivity contribution in [2.24, 2.45) is 0 Å². The molecule has 0 radical (unpaired) electrons. The van der Waals surface area contributed by atoms with Crippen LogP contribution >= 0.6 is 0 Å². The van der Waals surface area contributed by atoms with Crippen LogP contribution in [0.4, 0.5) is 5.82 Å². The van der Waals surface area contributed by atoms with Gasteiger partial charge in [0.2, 0.25) is 0 Å². The summed E-state index contributed by atoms with van der Waals surface area (Å²) in [6, 6.07) is 7.98. The molecule has 0 spiro atoms. The molecule has 4 heteroatoms. The van der Waals surface area contributed by atoms with Gasteiger partial charge >= 0.3 is 0 Å². The van der Waals surface area contributed by atoms with Crippen LogP contribution in [0.2, 0.25) is 0 Å². The molecule has 124 valence electrons. The monoisotopic (exact) mass is 304 g/mol. The fourth-order valence-corrected chi connectivity index (χ4v) is 3.37. The van der Waals surface area contributed by atoms with E-state index in [1.165, 1.54) is 0 Å². The Morgan fingerprint density at radius 3 is 2.14 bits per heavy atom. The molecule has 1 saturated heterocycles. The SMILES string of the molecule is CC(CN(C(C)C)C(C)C)N1CCN(c2ccccn2)CC1. The molecule has 4 nitrogen and oxygen atoms in total. The van der Waals surface area contributed by atoms with Crippen LogP contribution in [0.25, 0.3) is 0 Å². The van der Waals surface area contributed by atoms with Gasteiger partial charge in [0.1, 0.15) is 5.82 Å². The number of aromatic nitrogens is 1. The lowest BCUT2D eigenvalue weighted by atomic mass is 10.1. The van der Waals surface area contributed by atoms with Crippen molar-refractivity contribution in [2.45, 2.75) is 52.7 Å². The third-order valence-electron chi connectivity index (χ3n) is 4.71. The second kappa shape index (κ2) is 7.93. The third-order valence-corrected chi connectivity index (χ3v) is 4.71. The van der Waals surface area contributed by atoms with E-state index in [4.69, 9.17) is 0 Å². The van der Waals surface area contributed by atoms with Crippen LogP contribution < -0.4 is 4.90 Å². The summed E-state index contributed by atoms with van der Waals surface area (Å²) in [5, 5.41) is 0. The van der Waals surface area contributed by atoms with Crippen LogP contribution in [0.5, 0.6) is 0 Å². The van der Waals surface area contributed by atoms with Crippen LogP contribution in [0.3, 0.4) is 0 Å². The molecule has 1 aromatic rings. The minimum absolute atomic E-state index is 0.607. The number of nitrogens with zero attached hydrogens (tertiary/aromatic N) is 4. The summed E-state index contributed by atoms with van der Waals surface area (Å²) in [6.07, 6.45) is 1.88. The number of piperazine rings is 1. The molecule has 0 N–H and O–H groups in total. The standard InChI is InChI=1S/C18H32N4/c1-15(2)22(16(3)4)14-17(5)20-10-12-21(13-11-20)18-8-6-7-9-19-18/h6-9,15-17H,10-14H2,1-5H3. The molecule has 1 aromatic heterocycles. The maximum absolute atomic E-state index is 4.47. The van der Waals surface area contributed by atoms with Gasteiger partial charge in [-0.3, -0.25) is 9.80 Å². The van der Waals surface area contributed by atoms with Crippen molar-refractivity contribution in [1.82, 2.24) is 14.8 Å². The first kappa shape index (κ1) is 17.2. The molecule has 0 aromatic carbocycles. The molecular weight excluding hydrogens is 272 g/mol. The smallest absolute Gasteiger partial charge is 0.128 e. The molecule has 1 aliphatic heterocycles. The van der Waals surface area contributed by atoms with Gasteiger partial charge in [-0.05, 0) is 46.8 Å². The van der Waals surface area contributed by atoms with Gasteiger partial charge in [0.25, 0.3) is 0 Å². The maximum atomic E-state index is 4.47. The topological polar surface area (TPSA) is 22.6 Å². The molecule has 2 heterocycles. The summed E-state index contributed by atoms with van der Waals surface area (Å²) >= 11 is 0. The molecule has 0 aliphatic carbocycles. The quantitative estimate of drug-likeness (QED) is 0.806. The maximum Gasteiger partial charge on any atom is 0.128 e. The second-order valence-electron chi connectivity index (χ2n) is 6.94. The third kappa shape index (κ3) is 4.43. The lowest BCUT2D eigenvalue weighted by molar-refractivity contribution is 0.102. The predicted molar refractivity (Wildman–Crippen MR) is 94.5 cm³/mol. The number of pyridine rings is 1. The summed E-state index contributed by atoms with van der Waals surface area (Å²) in [4.78, 5) is 12.1. The van der Waals surface area contributed by atoms with Crippen molar-refractivity contribution < 1.29 is 0 Å². The molecule has 1 fully saturated rings. The van der Waals surface area contributed by atoms with Crippen LogP contribution in [0.1, 0.15) is 34.6 Å². The Bertz CT molecular complexity index is 416.